The Hall–Kier alpha value is -2.11. The van der Waals surface area contributed by atoms with E-state index in [1.807, 2.05) is 37.3 Å². The molecule has 3 rings (SSSR count). The second kappa shape index (κ2) is 6.56. The number of nitrogens with zero attached hydrogens (tertiary/aromatic N) is 2. The van der Waals surface area contributed by atoms with E-state index < -0.39 is 0 Å². The third kappa shape index (κ3) is 3.46. The van der Waals surface area contributed by atoms with Gasteiger partial charge < -0.3 is 5.32 Å². The molecule has 2 aromatic carbocycles. The summed E-state index contributed by atoms with van der Waals surface area (Å²) in [6.45, 7) is 1.91. The quantitative estimate of drug-likeness (QED) is 0.695. The Morgan fingerprint density at radius 2 is 1.96 bits per heavy atom. The maximum atomic E-state index is 12.3. The van der Waals surface area contributed by atoms with E-state index in [2.05, 4.69) is 26.3 Å². The Morgan fingerprint density at radius 3 is 2.70 bits per heavy atom. The van der Waals surface area contributed by atoms with E-state index in [0.29, 0.717) is 16.4 Å². The lowest BCUT2D eigenvalue weighted by Gasteiger charge is -2.06. The summed E-state index contributed by atoms with van der Waals surface area (Å²) in [7, 11) is 0. The van der Waals surface area contributed by atoms with Crippen molar-refractivity contribution in [1.29, 1.82) is 0 Å². The zero-order chi connectivity index (χ0) is 16.4. The minimum absolute atomic E-state index is 0.213. The Labute approximate surface area is 147 Å². The lowest BCUT2D eigenvalue weighted by molar-refractivity contribution is 0.102. The molecule has 116 valence electrons. The van der Waals surface area contributed by atoms with Crippen LogP contribution in [-0.4, -0.2) is 15.7 Å². The zero-order valence-electron chi connectivity index (χ0n) is 12.3. The summed E-state index contributed by atoms with van der Waals surface area (Å²) in [5.74, 6) is 0.266. The second-order valence-corrected chi connectivity index (χ2v) is 6.32. The molecule has 0 fully saturated rings. The van der Waals surface area contributed by atoms with Gasteiger partial charge in [-0.1, -0.05) is 45.7 Å². The number of amides is 1. The Kier molecular flexibility index (Phi) is 4.50. The van der Waals surface area contributed by atoms with Gasteiger partial charge in [0.05, 0.1) is 10.7 Å². The van der Waals surface area contributed by atoms with Gasteiger partial charge in [-0.2, -0.15) is 0 Å². The van der Waals surface area contributed by atoms with Crippen LogP contribution >= 0.6 is 27.5 Å². The molecular formula is C17H13BrClN3O. The van der Waals surface area contributed by atoms with E-state index in [-0.39, 0.29) is 5.91 Å². The maximum Gasteiger partial charge on any atom is 0.256 e. The van der Waals surface area contributed by atoms with Crippen LogP contribution in [0.25, 0.3) is 5.69 Å². The minimum atomic E-state index is -0.213. The number of rotatable bonds is 3. The summed E-state index contributed by atoms with van der Waals surface area (Å²) in [6.07, 6.45) is 0. The van der Waals surface area contributed by atoms with Crippen molar-refractivity contribution in [2.24, 2.45) is 0 Å². The summed E-state index contributed by atoms with van der Waals surface area (Å²) in [5.41, 5.74) is 2.21. The van der Waals surface area contributed by atoms with Gasteiger partial charge in [0, 0.05) is 21.8 Å². The van der Waals surface area contributed by atoms with Gasteiger partial charge in [-0.25, -0.2) is 4.68 Å². The summed E-state index contributed by atoms with van der Waals surface area (Å²) < 4.78 is 2.56. The molecule has 4 nitrogen and oxygen atoms in total. The van der Waals surface area contributed by atoms with E-state index >= 15 is 0 Å². The number of carbonyl (C=O) groups is 1. The molecule has 0 aliphatic carbocycles. The van der Waals surface area contributed by atoms with E-state index in [4.69, 9.17) is 11.6 Å². The molecule has 0 saturated heterocycles. The lowest BCUT2D eigenvalue weighted by Crippen LogP contribution is -2.12. The van der Waals surface area contributed by atoms with Crippen LogP contribution in [0.3, 0.4) is 0 Å². The van der Waals surface area contributed by atoms with Crippen molar-refractivity contribution in [2.45, 2.75) is 6.92 Å². The van der Waals surface area contributed by atoms with Gasteiger partial charge in [0.25, 0.3) is 5.91 Å². The standard InChI is InChI=1S/C17H13BrClN3O/c1-11-9-16(20-17(23)12-5-4-6-13(18)10-12)21-22(11)15-8-3-2-7-14(15)19/h2-10H,1H3,(H,20,21,23). The zero-order valence-corrected chi connectivity index (χ0v) is 14.6. The molecule has 3 aromatic rings. The monoisotopic (exact) mass is 389 g/mol. The lowest BCUT2D eigenvalue weighted by atomic mass is 10.2. The highest BCUT2D eigenvalue weighted by Crippen LogP contribution is 2.22. The number of hydrogen-bond acceptors (Lipinski definition) is 2. The van der Waals surface area contributed by atoms with Crippen molar-refractivity contribution in [3.05, 3.63) is 75.4 Å². The third-order valence-electron chi connectivity index (χ3n) is 3.30. The highest BCUT2D eigenvalue weighted by atomic mass is 79.9. The number of anilines is 1. The second-order valence-electron chi connectivity index (χ2n) is 5.00. The van der Waals surface area contributed by atoms with Gasteiger partial charge in [0.2, 0.25) is 0 Å². The maximum absolute atomic E-state index is 12.3. The smallest absolute Gasteiger partial charge is 0.256 e. The van der Waals surface area contributed by atoms with Crippen LogP contribution in [0.5, 0.6) is 0 Å². The molecule has 0 saturated carbocycles. The van der Waals surface area contributed by atoms with E-state index in [0.717, 1.165) is 15.9 Å². The van der Waals surface area contributed by atoms with Gasteiger partial charge in [-0.15, -0.1) is 5.10 Å². The molecule has 1 amide bonds. The van der Waals surface area contributed by atoms with E-state index in [1.54, 1.807) is 28.9 Å². The van der Waals surface area contributed by atoms with Crippen molar-refractivity contribution in [3.8, 4) is 5.69 Å². The first-order chi connectivity index (χ1) is 11.0. The minimum Gasteiger partial charge on any atom is -0.305 e. The molecule has 0 atom stereocenters. The van der Waals surface area contributed by atoms with Gasteiger partial charge in [-0.3, -0.25) is 4.79 Å². The molecule has 1 N–H and O–H groups in total. The van der Waals surface area contributed by atoms with Crippen molar-refractivity contribution in [3.63, 3.8) is 0 Å². The molecule has 23 heavy (non-hydrogen) atoms. The topological polar surface area (TPSA) is 46.9 Å². The van der Waals surface area contributed by atoms with Gasteiger partial charge in [0.1, 0.15) is 0 Å². The fourth-order valence-electron chi connectivity index (χ4n) is 2.22. The van der Waals surface area contributed by atoms with Crippen LogP contribution in [0.1, 0.15) is 16.1 Å². The molecule has 0 bridgehead atoms. The fourth-order valence-corrected chi connectivity index (χ4v) is 2.84. The van der Waals surface area contributed by atoms with Gasteiger partial charge in [-0.05, 0) is 37.3 Å². The highest BCUT2D eigenvalue weighted by molar-refractivity contribution is 9.10. The molecule has 0 spiro atoms. The summed E-state index contributed by atoms with van der Waals surface area (Å²) in [6, 6.07) is 16.4. The number of aromatic nitrogens is 2. The molecule has 0 aliphatic heterocycles. The van der Waals surface area contributed by atoms with Crippen LogP contribution in [0.2, 0.25) is 5.02 Å². The first-order valence-electron chi connectivity index (χ1n) is 6.93. The van der Waals surface area contributed by atoms with E-state index in [9.17, 15) is 4.79 Å². The first kappa shape index (κ1) is 15.8. The van der Waals surface area contributed by atoms with Crippen molar-refractivity contribution in [1.82, 2.24) is 9.78 Å². The Morgan fingerprint density at radius 1 is 1.17 bits per heavy atom. The molecular weight excluding hydrogens is 378 g/mol. The fraction of sp³-hybridized carbons (Fsp3) is 0.0588. The number of halogens is 2. The van der Waals surface area contributed by atoms with Crippen molar-refractivity contribution in [2.75, 3.05) is 5.32 Å². The SMILES string of the molecule is Cc1cc(NC(=O)c2cccc(Br)c2)nn1-c1ccccc1Cl. The molecule has 0 unspecified atom stereocenters. The summed E-state index contributed by atoms with van der Waals surface area (Å²) in [5, 5.41) is 7.82. The number of hydrogen-bond donors (Lipinski definition) is 1. The number of para-hydroxylation sites is 1. The Bertz CT molecular complexity index is 876. The average molecular weight is 391 g/mol. The van der Waals surface area contributed by atoms with Crippen LogP contribution in [0.15, 0.2) is 59.1 Å². The first-order valence-corrected chi connectivity index (χ1v) is 8.10. The third-order valence-corrected chi connectivity index (χ3v) is 4.11. The molecule has 0 radical (unpaired) electrons. The molecule has 1 heterocycles. The molecule has 1 aromatic heterocycles. The normalized spacial score (nSPS) is 10.6. The predicted octanol–water partition coefficient (Wildman–Crippen LogP) is 4.85. The molecule has 6 heteroatoms. The predicted molar refractivity (Wildman–Crippen MR) is 95.4 cm³/mol. The average Bonchev–Trinajstić information content (AvgIpc) is 2.88. The van der Waals surface area contributed by atoms with E-state index in [1.165, 1.54) is 0 Å². The van der Waals surface area contributed by atoms with Gasteiger partial charge in [0.15, 0.2) is 5.82 Å². The van der Waals surface area contributed by atoms with Gasteiger partial charge >= 0.3 is 0 Å². The van der Waals surface area contributed by atoms with Crippen LogP contribution in [0.4, 0.5) is 5.82 Å². The van der Waals surface area contributed by atoms with Crippen molar-refractivity contribution < 1.29 is 4.79 Å². The van der Waals surface area contributed by atoms with Crippen LogP contribution < -0.4 is 5.32 Å². The van der Waals surface area contributed by atoms with Crippen LogP contribution in [-0.2, 0) is 0 Å². The number of nitrogens with one attached hydrogen (secondary N) is 1. The number of benzene rings is 2. The summed E-state index contributed by atoms with van der Waals surface area (Å²) >= 11 is 9.56. The molecule has 0 aliphatic rings. The highest BCUT2D eigenvalue weighted by Gasteiger charge is 2.12. The number of carbonyl (C=O) groups excluding carboxylic acids is 1. The van der Waals surface area contributed by atoms with Crippen LogP contribution in [0, 0.1) is 6.92 Å². The number of aryl methyl sites for hydroxylation is 1. The Balaban J connectivity index is 1.87. The largest absolute Gasteiger partial charge is 0.305 e. The summed E-state index contributed by atoms with van der Waals surface area (Å²) in [4.78, 5) is 12.3. The van der Waals surface area contributed by atoms with Crippen molar-refractivity contribution >= 4 is 39.3 Å².